The lowest BCUT2D eigenvalue weighted by molar-refractivity contribution is 0.0523. The van der Waals surface area contributed by atoms with Crippen molar-refractivity contribution in [2.75, 3.05) is 0 Å². The molecule has 0 bridgehead atoms. The van der Waals surface area contributed by atoms with E-state index in [-0.39, 0.29) is 11.8 Å². The first-order valence-corrected chi connectivity index (χ1v) is 10.4. The van der Waals surface area contributed by atoms with E-state index in [9.17, 15) is 4.79 Å². The molecule has 4 rings (SSSR count). The predicted molar refractivity (Wildman–Crippen MR) is 121 cm³/mol. The number of hydrogen-bond donors (Lipinski definition) is 1. The quantitative estimate of drug-likeness (QED) is 0.445. The van der Waals surface area contributed by atoms with Crippen LogP contribution < -0.4 is 10.1 Å². The Kier molecular flexibility index (Phi) is 5.96. The second kappa shape index (κ2) is 8.84. The number of ether oxygens (including phenoxy) is 2. The maximum absolute atomic E-state index is 12.0. The third kappa shape index (κ3) is 5.15. The molecule has 0 radical (unpaired) electrons. The minimum atomic E-state index is -0.566. The zero-order chi connectivity index (χ0) is 22.7. The maximum atomic E-state index is 12.0. The summed E-state index contributed by atoms with van der Waals surface area (Å²) in [4.78, 5) is 12.0. The second-order valence-corrected chi connectivity index (χ2v) is 8.40. The molecule has 32 heavy (non-hydrogen) atoms. The molecule has 0 aliphatic carbocycles. The van der Waals surface area contributed by atoms with E-state index in [1.165, 1.54) is 4.52 Å². The van der Waals surface area contributed by atoms with Crippen LogP contribution in [0.25, 0.3) is 16.8 Å². The smallest absolute Gasteiger partial charge is 0.407 e. The molecule has 4 aromatic rings. The molecule has 0 aliphatic rings. The molecule has 8 nitrogen and oxygen atoms in total. The zero-order valence-corrected chi connectivity index (χ0v) is 18.6. The SMILES string of the molecule is CC(C)(C)OC(=O)NCc1ccc(-c2ccccc2)c(Oc2ccc3nnc(Cl)n3n2)c1. The number of alkyl carbamates (subject to hydrolysis) is 1. The van der Waals surface area contributed by atoms with Crippen LogP contribution in [0.2, 0.25) is 5.28 Å². The Balaban J connectivity index is 1.63. The summed E-state index contributed by atoms with van der Waals surface area (Å²) in [6.45, 7) is 5.74. The maximum Gasteiger partial charge on any atom is 0.407 e. The summed E-state index contributed by atoms with van der Waals surface area (Å²) in [6, 6.07) is 19.0. The van der Waals surface area contributed by atoms with Crippen LogP contribution in [0, 0.1) is 0 Å². The average Bonchev–Trinajstić information content (AvgIpc) is 3.12. The van der Waals surface area contributed by atoms with Gasteiger partial charge in [0.25, 0.3) is 0 Å². The number of nitrogens with one attached hydrogen (secondary N) is 1. The molecule has 2 aromatic carbocycles. The van der Waals surface area contributed by atoms with E-state index in [4.69, 9.17) is 21.1 Å². The van der Waals surface area contributed by atoms with Crippen LogP contribution >= 0.6 is 11.6 Å². The number of benzene rings is 2. The molecule has 1 N–H and O–H groups in total. The van der Waals surface area contributed by atoms with Gasteiger partial charge in [-0.25, -0.2) is 4.79 Å². The zero-order valence-electron chi connectivity index (χ0n) is 17.9. The second-order valence-electron chi connectivity index (χ2n) is 8.06. The lowest BCUT2D eigenvalue weighted by Gasteiger charge is -2.20. The fourth-order valence-electron chi connectivity index (χ4n) is 3.02. The van der Waals surface area contributed by atoms with Crippen LogP contribution in [0.5, 0.6) is 11.6 Å². The number of amides is 1. The summed E-state index contributed by atoms with van der Waals surface area (Å²) < 4.78 is 12.8. The van der Waals surface area contributed by atoms with Crippen LogP contribution in [-0.4, -0.2) is 31.5 Å². The summed E-state index contributed by atoms with van der Waals surface area (Å²) in [5.74, 6) is 0.907. The van der Waals surface area contributed by atoms with Crippen molar-refractivity contribution in [1.82, 2.24) is 25.1 Å². The summed E-state index contributed by atoms with van der Waals surface area (Å²) in [5, 5.41) is 15.0. The van der Waals surface area contributed by atoms with E-state index in [1.54, 1.807) is 12.1 Å². The highest BCUT2D eigenvalue weighted by Crippen LogP contribution is 2.34. The standard InChI is InChI=1S/C23H22ClN5O3/c1-23(2,3)32-22(30)25-14-15-9-10-17(16-7-5-4-6-8-16)18(13-15)31-20-12-11-19-26-27-21(24)29(19)28-20/h4-13H,14H2,1-3H3,(H,25,30). The fourth-order valence-corrected chi connectivity index (χ4v) is 3.18. The van der Waals surface area contributed by atoms with Gasteiger partial charge < -0.3 is 14.8 Å². The number of hydrogen-bond acceptors (Lipinski definition) is 6. The van der Waals surface area contributed by atoms with Gasteiger partial charge in [-0.3, -0.25) is 0 Å². The van der Waals surface area contributed by atoms with Crippen molar-refractivity contribution in [2.24, 2.45) is 0 Å². The average molecular weight is 452 g/mol. The van der Waals surface area contributed by atoms with Gasteiger partial charge in [-0.15, -0.1) is 15.3 Å². The number of rotatable bonds is 5. The topological polar surface area (TPSA) is 90.6 Å². The molecule has 0 atom stereocenters. The summed E-state index contributed by atoms with van der Waals surface area (Å²) in [5.41, 5.74) is 2.65. The number of carbonyl (C=O) groups is 1. The summed E-state index contributed by atoms with van der Waals surface area (Å²) in [6.07, 6.45) is -0.485. The highest BCUT2D eigenvalue weighted by molar-refractivity contribution is 6.28. The predicted octanol–water partition coefficient (Wildman–Crippen LogP) is 5.26. The molecule has 1 amide bonds. The molecule has 2 aromatic heterocycles. The molecule has 164 valence electrons. The minimum absolute atomic E-state index is 0.143. The van der Waals surface area contributed by atoms with Crippen LogP contribution in [0.1, 0.15) is 26.3 Å². The Morgan fingerprint density at radius 3 is 2.59 bits per heavy atom. The van der Waals surface area contributed by atoms with E-state index in [1.807, 2.05) is 69.3 Å². The van der Waals surface area contributed by atoms with Crippen LogP contribution in [0.4, 0.5) is 4.79 Å². The van der Waals surface area contributed by atoms with Crippen LogP contribution in [-0.2, 0) is 11.3 Å². The van der Waals surface area contributed by atoms with Crippen molar-refractivity contribution in [1.29, 1.82) is 0 Å². The molecule has 0 fully saturated rings. The van der Waals surface area contributed by atoms with E-state index in [0.717, 1.165) is 16.7 Å². The van der Waals surface area contributed by atoms with E-state index >= 15 is 0 Å². The molecular formula is C23H22ClN5O3. The Morgan fingerprint density at radius 1 is 1.06 bits per heavy atom. The fraction of sp³-hybridized carbons (Fsp3) is 0.217. The Bertz CT molecular complexity index is 1250. The summed E-state index contributed by atoms with van der Waals surface area (Å²) >= 11 is 6.04. The molecule has 0 saturated heterocycles. The highest BCUT2D eigenvalue weighted by Gasteiger charge is 2.16. The van der Waals surface area contributed by atoms with Crippen LogP contribution in [0.3, 0.4) is 0 Å². The van der Waals surface area contributed by atoms with Gasteiger partial charge in [0.2, 0.25) is 11.2 Å². The first-order chi connectivity index (χ1) is 15.3. The van der Waals surface area contributed by atoms with Crippen molar-refractivity contribution < 1.29 is 14.3 Å². The van der Waals surface area contributed by atoms with Crippen molar-refractivity contribution in [3.63, 3.8) is 0 Å². The van der Waals surface area contributed by atoms with Gasteiger partial charge in [-0.1, -0.05) is 42.5 Å². The largest absolute Gasteiger partial charge is 0.444 e. The lowest BCUT2D eigenvalue weighted by atomic mass is 10.0. The normalized spacial score (nSPS) is 11.4. The Morgan fingerprint density at radius 2 is 1.84 bits per heavy atom. The Hall–Kier alpha value is -3.65. The first-order valence-electron chi connectivity index (χ1n) is 9.99. The summed E-state index contributed by atoms with van der Waals surface area (Å²) in [7, 11) is 0. The van der Waals surface area contributed by atoms with Crippen molar-refractivity contribution in [3.8, 4) is 22.8 Å². The number of carbonyl (C=O) groups excluding carboxylic acids is 1. The first kappa shape index (κ1) is 21.6. The molecule has 0 saturated carbocycles. The highest BCUT2D eigenvalue weighted by atomic mass is 35.5. The molecule has 9 heteroatoms. The van der Waals surface area contributed by atoms with Gasteiger partial charge in [0, 0.05) is 18.2 Å². The van der Waals surface area contributed by atoms with E-state index < -0.39 is 11.7 Å². The van der Waals surface area contributed by atoms with Gasteiger partial charge in [0.15, 0.2) is 5.65 Å². The number of fused-ring (bicyclic) bond motifs is 1. The van der Waals surface area contributed by atoms with Gasteiger partial charge in [0.05, 0.1) is 0 Å². The monoisotopic (exact) mass is 451 g/mol. The van der Waals surface area contributed by atoms with E-state index in [2.05, 4.69) is 20.6 Å². The van der Waals surface area contributed by atoms with E-state index in [0.29, 0.717) is 17.3 Å². The number of aromatic nitrogens is 4. The molecule has 0 spiro atoms. The minimum Gasteiger partial charge on any atom is -0.444 e. The molecular weight excluding hydrogens is 430 g/mol. The third-order valence-corrected chi connectivity index (χ3v) is 4.62. The molecule has 0 unspecified atom stereocenters. The van der Waals surface area contributed by atoms with Gasteiger partial charge in [-0.2, -0.15) is 4.52 Å². The number of nitrogens with zero attached hydrogens (tertiary/aromatic N) is 4. The van der Waals surface area contributed by atoms with Crippen molar-refractivity contribution in [2.45, 2.75) is 32.9 Å². The molecule has 0 aliphatic heterocycles. The lowest BCUT2D eigenvalue weighted by Crippen LogP contribution is -2.32. The Labute approximate surface area is 190 Å². The number of halogens is 1. The molecule has 2 heterocycles. The van der Waals surface area contributed by atoms with Gasteiger partial charge in [0.1, 0.15) is 11.4 Å². The third-order valence-electron chi connectivity index (χ3n) is 4.38. The van der Waals surface area contributed by atoms with Gasteiger partial charge >= 0.3 is 6.09 Å². The van der Waals surface area contributed by atoms with Gasteiger partial charge in [-0.05, 0) is 55.6 Å². The van der Waals surface area contributed by atoms with Crippen LogP contribution in [0.15, 0.2) is 60.7 Å². The van der Waals surface area contributed by atoms with Crippen molar-refractivity contribution in [3.05, 3.63) is 71.5 Å². The van der Waals surface area contributed by atoms with Crippen molar-refractivity contribution >= 4 is 23.3 Å².